The fraction of sp³-hybridized carbons (Fsp3) is 0.158. The van der Waals surface area contributed by atoms with Gasteiger partial charge in [-0.05, 0) is 42.6 Å². The molecule has 0 rings (SSSR count). The SMILES string of the molecule is C=C(C)/C=C\C(=C)C(=C)/C=C\CC(=C)C(=C)/C=C\C. The zero-order valence-corrected chi connectivity index (χ0v) is 12.2. The Morgan fingerprint density at radius 3 is 1.89 bits per heavy atom. The van der Waals surface area contributed by atoms with Crippen LogP contribution in [0.25, 0.3) is 0 Å². The highest BCUT2D eigenvalue weighted by Gasteiger charge is 1.95. The van der Waals surface area contributed by atoms with Crippen LogP contribution < -0.4 is 0 Å². The smallest absolute Gasteiger partial charge is 0.00943 e. The van der Waals surface area contributed by atoms with E-state index in [-0.39, 0.29) is 0 Å². The van der Waals surface area contributed by atoms with Crippen molar-refractivity contribution in [1.29, 1.82) is 0 Å². The molecule has 0 atom stereocenters. The summed E-state index contributed by atoms with van der Waals surface area (Å²) in [7, 11) is 0. The standard InChI is InChI=1S/C19H24/c1-8-10-16(4)17(5)11-9-12-18(6)19(7)14-13-15(2)3/h8-10,12-14H,2,4-7,11H2,1,3H3/b10-8-,12-9-,14-13-. The van der Waals surface area contributed by atoms with Gasteiger partial charge in [0.1, 0.15) is 0 Å². The molecule has 0 heteroatoms. The van der Waals surface area contributed by atoms with Gasteiger partial charge in [-0.3, -0.25) is 0 Å². The minimum absolute atomic E-state index is 0.764. The molecule has 100 valence electrons. The minimum atomic E-state index is 0.764. The maximum atomic E-state index is 3.99. The Labute approximate surface area is 118 Å². The van der Waals surface area contributed by atoms with Crippen LogP contribution in [0.5, 0.6) is 0 Å². The molecular weight excluding hydrogens is 228 g/mol. The topological polar surface area (TPSA) is 0 Å². The summed E-state index contributed by atoms with van der Waals surface area (Å²) in [4.78, 5) is 0. The molecule has 0 fully saturated rings. The molecule has 0 radical (unpaired) electrons. The lowest BCUT2D eigenvalue weighted by atomic mass is 10.0. The first-order valence-electron chi connectivity index (χ1n) is 6.26. The molecule has 0 aromatic carbocycles. The quantitative estimate of drug-likeness (QED) is 0.474. The van der Waals surface area contributed by atoms with E-state index in [1.807, 2.05) is 50.3 Å². The summed E-state index contributed by atoms with van der Waals surface area (Å²) in [6.07, 6.45) is 12.5. The van der Waals surface area contributed by atoms with Crippen LogP contribution in [0.3, 0.4) is 0 Å². The summed E-state index contributed by atoms with van der Waals surface area (Å²) in [6, 6.07) is 0. The van der Waals surface area contributed by atoms with Crippen LogP contribution in [-0.2, 0) is 0 Å². The summed E-state index contributed by atoms with van der Waals surface area (Å²) in [6.45, 7) is 23.6. The van der Waals surface area contributed by atoms with Crippen LogP contribution in [-0.4, -0.2) is 0 Å². The molecule has 0 saturated heterocycles. The van der Waals surface area contributed by atoms with Crippen molar-refractivity contribution in [3.63, 3.8) is 0 Å². The fourth-order valence-corrected chi connectivity index (χ4v) is 1.25. The summed E-state index contributed by atoms with van der Waals surface area (Å²) < 4.78 is 0. The zero-order valence-electron chi connectivity index (χ0n) is 12.2. The van der Waals surface area contributed by atoms with Gasteiger partial charge in [0.25, 0.3) is 0 Å². The Kier molecular flexibility index (Phi) is 7.95. The van der Waals surface area contributed by atoms with Crippen molar-refractivity contribution in [3.05, 3.63) is 97.2 Å². The third-order valence-electron chi connectivity index (χ3n) is 2.49. The number of hydrogen-bond donors (Lipinski definition) is 0. The van der Waals surface area contributed by atoms with Gasteiger partial charge in [0, 0.05) is 0 Å². The Balaban J connectivity index is 4.38. The highest BCUT2D eigenvalue weighted by molar-refractivity contribution is 5.44. The first kappa shape index (κ1) is 16.9. The molecule has 0 bridgehead atoms. The predicted octanol–water partition coefficient (Wildman–Crippen LogP) is 5.87. The first-order valence-corrected chi connectivity index (χ1v) is 6.26. The van der Waals surface area contributed by atoms with Crippen molar-refractivity contribution >= 4 is 0 Å². The molecule has 0 aliphatic carbocycles. The molecule has 0 spiro atoms. The van der Waals surface area contributed by atoms with Crippen molar-refractivity contribution in [3.8, 4) is 0 Å². The molecule has 0 aromatic rings. The van der Waals surface area contributed by atoms with Gasteiger partial charge >= 0.3 is 0 Å². The summed E-state index contributed by atoms with van der Waals surface area (Å²) in [5.74, 6) is 0. The highest BCUT2D eigenvalue weighted by atomic mass is 14.0. The second kappa shape index (κ2) is 8.93. The Morgan fingerprint density at radius 2 is 1.37 bits per heavy atom. The van der Waals surface area contributed by atoms with Crippen LogP contribution in [0, 0.1) is 0 Å². The zero-order chi connectivity index (χ0) is 14.8. The second-order valence-electron chi connectivity index (χ2n) is 4.47. The van der Waals surface area contributed by atoms with E-state index < -0.39 is 0 Å². The average Bonchev–Trinajstić information content (AvgIpc) is 2.35. The fourth-order valence-electron chi connectivity index (χ4n) is 1.25. The second-order valence-corrected chi connectivity index (χ2v) is 4.47. The van der Waals surface area contributed by atoms with Crippen LogP contribution >= 0.6 is 0 Å². The van der Waals surface area contributed by atoms with E-state index >= 15 is 0 Å². The molecule has 0 aliphatic rings. The molecule has 0 aromatic heterocycles. The van der Waals surface area contributed by atoms with Gasteiger partial charge in [-0.25, -0.2) is 0 Å². The molecular formula is C19H24. The molecule has 0 nitrogen and oxygen atoms in total. The lowest BCUT2D eigenvalue weighted by molar-refractivity contribution is 1.26. The van der Waals surface area contributed by atoms with Crippen molar-refractivity contribution in [2.24, 2.45) is 0 Å². The highest BCUT2D eigenvalue weighted by Crippen LogP contribution is 2.14. The van der Waals surface area contributed by atoms with Crippen LogP contribution in [0.2, 0.25) is 0 Å². The van der Waals surface area contributed by atoms with E-state index in [1.54, 1.807) is 0 Å². The van der Waals surface area contributed by atoms with E-state index in [4.69, 9.17) is 0 Å². The van der Waals surface area contributed by atoms with Crippen molar-refractivity contribution in [1.82, 2.24) is 0 Å². The Morgan fingerprint density at radius 1 is 0.789 bits per heavy atom. The van der Waals surface area contributed by atoms with Crippen LogP contribution in [0.15, 0.2) is 97.2 Å². The van der Waals surface area contributed by atoms with Gasteiger partial charge in [-0.1, -0.05) is 74.9 Å². The summed E-state index contributed by atoms with van der Waals surface area (Å²) in [5.41, 5.74) is 4.73. The molecule has 0 heterocycles. The molecule has 19 heavy (non-hydrogen) atoms. The molecule has 0 aliphatic heterocycles. The van der Waals surface area contributed by atoms with Crippen molar-refractivity contribution in [2.45, 2.75) is 20.3 Å². The maximum Gasteiger partial charge on any atom is -0.00943 e. The van der Waals surface area contributed by atoms with Crippen molar-refractivity contribution in [2.75, 3.05) is 0 Å². The predicted molar refractivity (Wildman–Crippen MR) is 89.1 cm³/mol. The number of rotatable bonds is 8. The van der Waals surface area contributed by atoms with Crippen molar-refractivity contribution < 1.29 is 0 Å². The van der Waals surface area contributed by atoms with E-state index in [2.05, 4.69) is 32.9 Å². The van der Waals surface area contributed by atoms with E-state index in [1.165, 1.54) is 0 Å². The van der Waals surface area contributed by atoms with Gasteiger partial charge in [-0.15, -0.1) is 0 Å². The Bertz CT molecular complexity index is 476. The minimum Gasteiger partial charge on any atom is -0.0961 e. The lowest BCUT2D eigenvalue weighted by Crippen LogP contribution is -1.82. The maximum absolute atomic E-state index is 3.99. The largest absolute Gasteiger partial charge is 0.0961 e. The van der Waals surface area contributed by atoms with E-state index in [0.717, 1.165) is 34.3 Å². The average molecular weight is 252 g/mol. The van der Waals surface area contributed by atoms with E-state index in [0.29, 0.717) is 0 Å². The number of allylic oxidation sites excluding steroid dienone is 11. The monoisotopic (exact) mass is 252 g/mol. The molecule has 0 unspecified atom stereocenters. The van der Waals surface area contributed by atoms with Gasteiger partial charge in [-0.2, -0.15) is 0 Å². The summed E-state index contributed by atoms with van der Waals surface area (Å²) >= 11 is 0. The van der Waals surface area contributed by atoms with E-state index in [9.17, 15) is 0 Å². The van der Waals surface area contributed by atoms with Gasteiger partial charge < -0.3 is 0 Å². The third kappa shape index (κ3) is 7.77. The molecule has 0 saturated carbocycles. The molecule has 0 N–H and O–H groups in total. The van der Waals surface area contributed by atoms with Crippen LogP contribution in [0.4, 0.5) is 0 Å². The van der Waals surface area contributed by atoms with Gasteiger partial charge in [0.05, 0.1) is 0 Å². The van der Waals surface area contributed by atoms with Crippen LogP contribution in [0.1, 0.15) is 20.3 Å². The summed E-state index contributed by atoms with van der Waals surface area (Å²) in [5, 5.41) is 0. The first-order chi connectivity index (χ1) is 8.88. The van der Waals surface area contributed by atoms with Gasteiger partial charge in [0.2, 0.25) is 0 Å². The lowest BCUT2D eigenvalue weighted by Gasteiger charge is -2.02. The van der Waals surface area contributed by atoms with Gasteiger partial charge in [0.15, 0.2) is 0 Å². The molecule has 0 amide bonds. The third-order valence-corrected chi connectivity index (χ3v) is 2.49. The normalized spacial score (nSPS) is 11.3. The Hall–Kier alpha value is -2.08. The number of hydrogen-bond acceptors (Lipinski definition) is 0.